The molecule has 0 unspecified atom stereocenters. The predicted molar refractivity (Wildman–Crippen MR) is 89.1 cm³/mol. The van der Waals surface area contributed by atoms with E-state index in [1.165, 1.54) is 0 Å². The van der Waals surface area contributed by atoms with E-state index in [-0.39, 0.29) is 11.5 Å². The van der Waals surface area contributed by atoms with Crippen molar-refractivity contribution >= 4 is 22.2 Å². The lowest BCUT2D eigenvalue weighted by molar-refractivity contribution is 0.110. The van der Waals surface area contributed by atoms with Crippen molar-refractivity contribution in [2.75, 3.05) is 0 Å². The second-order valence-electron chi connectivity index (χ2n) is 4.96. The Morgan fingerprint density at radius 2 is 1.82 bits per heavy atom. The summed E-state index contributed by atoms with van der Waals surface area (Å²) in [5.41, 5.74) is 3.40. The number of carbonyl (C=O) groups is 1. The number of carbonyl (C=O) groups excluding carboxylic acids is 1. The van der Waals surface area contributed by atoms with E-state index >= 15 is 0 Å². The molecule has 3 aromatic rings. The van der Waals surface area contributed by atoms with Crippen LogP contribution in [0.1, 0.15) is 16.1 Å². The van der Waals surface area contributed by atoms with Gasteiger partial charge in [0.15, 0.2) is 12.0 Å². The molecule has 0 aliphatic carbocycles. The first-order valence-electron chi connectivity index (χ1n) is 6.74. The Morgan fingerprint density at radius 1 is 1.05 bits per heavy atom. The molecule has 3 nitrogen and oxygen atoms in total. The van der Waals surface area contributed by atoms with Gasteiger partial charge in [-0.3, -0.25) is 4.79 Å². The second kappa shape index (κ2) is 5.81. The van der Waals surface area contributed by atoms with Crippen LogP contribution in [0.5, 0.6) is 5.75 Å². The van der Waals surface area contributed by atoms with E-state index in [1.54, 1.807) is 24.3 Å². The summed E-state index contributed by atoms with van der Waals surface area (Å²) in [5.74, 6) is 1.05. The fourth-order valence-corrected chi connectivity index (χ4v) is 2.94. The van der Waals surface area contributed by atoms with Crippen molar-refractivity contribution in [2.45, 2.75) is 6.92 Å². The summed E-state index contributed by atoms with van der Waals surface area (Å²) in [6.45, 7) is 1.98. The van der Waals surface area contributed by atoms with Gasteiger partial charge in [-0.25, -0.2) is 0 Å². The van der Waals surface area contributed by atoms with Gasteiger partial charge in [0.2, 0.25) is 0 Å². The third-order valence-electron chi connectivity index (χ3n) is 3.52. The van der Waals surface area contributed by atoms with Crippen LogP contribution in [-0.2, 0) is 0 Å². The topological polar surface area (TPSA) is 50.4 Å². The van der Waals surface area contributed by atoms with Crippen molar-refractivity contribution in [1.29, 1.82) is 0 Å². The summed E-state index contributed by atoms with van der Waals surface area (Å²) in [6, 6.07) is 14.4. The Hall–Kier alpha value is -2.33. The van der Waals surface area contributed by atoms with E-state index in [0.717, 1.165) is 21.2 Å². The van der Waals surface area contributed by atoms with E-state index in [0.29, 0.717) is 17.6 Å². The van der Waals surface area contributed by atoms with Crippen molar-refractivity contribution in [1.82, 2.24) is 0 Å². The van der Waals surface area contributed by atoms with Crippen LogP contribution in [0.15, 0.2) is 57.4 Å². The fraction of sp³-hybridized carbons (Fsp3) is 0.0556. The molecule has 0 atom stereocenters. The van der Waals surface area contributed by atoms with Crippen molar-refractivity contribution in [3.8, 4) is 28.2 Å². The van der Waals surface area contributed by atoms with Crippen LogP contribution in [-0.4, -0.2) is 11.4 Å². The van der Waals surface area contributed by atoms with E-state index in [9.17, 15) is 9.90 Å². The third-order valence-corrected chi connectivity index (χ3v) is 4.54. The van der Waals surface area contributed by atoms with Gasteiger partial charge in [0, 0.05) is 15.6 Å². The first kappa shape index (κ1) is 14.6. The molecule has 0 radical (unpaired) electrons. The van der Waals surface area contributed by atoms with Gasteiger partial charge in [-0.2, -0.15) is 0 Å². The highest BCUT2D eigenvalue weighted by molar-refractivity contribution is 9.10. The zero-order valence-electron chi connectivity index (χ0n) is 11.8. The highest BCUT2D eigenvalue weighted by Crippen LogP contribution is 2.42. The van der Waals surface area contributed by atoms with Gasteiger partial charge < -0.3 is 9.52 Å². The quantitative estimate of drug-likeness (QED) is 0.656. The molecule has 0 fully saturated rings. The maximum absolute atomic E-state index is 10.9. The Labute approximate surface area is 136 Å². The summed E-state index contributed by atoms with van der Waals surface area (Å²) in [4.78, 5) is 10.9. The number of para-hydroxylation sites is 1. The molecule has 1 aromatic heterocycles. The smallest absolute Gasteiger partial charge is 0.185 e. The van der Waals surface area contributed by atoms with Gasteiger partial charge in [-0.05, 0) is 52.2 Å². The van der Waals surface area contributed by atoms with Crippen LogP contribution in [0, 0.1) is 6.92 Å². The lowest BCUT2D eigenvalue weighted by Gasteiger charge is -2.13. The van der Waals surface area contributed by atoms with Gasteiger partial charge in [0.1, 0.15) is 11.5 Å². The number of aromatic hydroxyl groups is 1. The van der Waals surface area contributed by atoms with E-state index in [2.05, 4.69) is 15.9 Å². The monoisotopic (exact) mass is 356 g/mol. The number of rotatable bonds is 3. The Morgan fingerprint density at radius 3 is 2.50 bits per heavy atom. The zero-order valence-corrected chi connectivity index (χ0v) is 13.4. The first-order chi connectivity index (χ1) is 10.6. The van der Waals surface area contributed by atoms with Crippen molar-refractivity contribution in [3.05, 3.63) is 64.3 Å². The SMILES string of the molecule is Cc1ccc(-c2ccccc2O)c(-c2ccc(C=O)o2)c1Br. The largest absolute Gasteiger partial charge is 0.507 e. The third kappa shape index (κ3) is 2.46. The zero-order chi connectivity index (χ0) is 15.7. The van der Waals surface area contributed by atoms with Crippen LogP contribution in [0.3, 0.4) is 0 Å². The van der Waals surface area contributed by atoms with Crippen molar-refractivity contribution in [3.63, 3.8) is 0 Å². The van der Waals surface area contributed by atoms with Gasteiger partial charge >= 0.3 is 0 Å². The molecule has 0 aliphatic rings. The number of aldehydes is 1. The van der Waals surface area contributed by atoms with Crippen molar-refractivity contribution in [2.24, 2.45) is 0 Å². The Kier molecular flexibility index (Phi) is 3.86. The van der Waals surface area contributed by atoms with Crippen LogP contribution < -0.4 is 0 Å². The second-order valence-corrected chi connectivity index (χ2v) is 5.75. The lowest BCUT2D eigenvalue weighted by Crippen LogP contribution is -1.89. The fourth-order valence-electron chi connectivity index (χ4n) is 2.40. The normalized spacial score (nSPS) is 10.6. The van der Waals surface area contributed by atoms with Gasteiger partial charge in [0.05, 0.1) is 0 Å². The number of furan rings is 1. The van der Waals surface area contributed by atoms with Crippen LogP contribution in [0.2, 0.25) is 0 Å². The maximum Gasteiger partial charge on any atom is 0.185 e. The number of phenolic OH excluding ortho intramolecular Hbond substituents is 1. The van der Waals surface area contributed by atoms with Gasteiger partial charge in [-0.15, -0.1) is 0 Å². The first-order valence-corrected chi connectivity index (χ1v) is 7.54. The Bertz CT molecular complexity index is 849. The van der Waals surface area contributed by atoms with E-state index in [4.69, 9.17) is 4.42 Å². The maximum atomic E-state index is 10.9. The molecule has 110 valence electrons. The van der Waals surface area contributed by atoms with Crippen molar-refractivity contribution < 1.29 is 14.3 Å². The molecule has 0 aliphatic heterocycles. The number of hydrogen-bond acceptors (Lipinski definition) is 3. The average Bonchev–Trinajstić information content (AvgIpc) is 2.99. The average molecular weight is 357 g/mol. The molecule has 1 N–H and O–H groups in total. The standard InChI is InChI=1S/C18H13BrO3/c1-11-6-8-14(13-4-2-3-5-15(13)21)17(18(11)19)16-9-7-12(10-20)22-16/h2-10,21H,1H3. The predicted octanol–water partition coefficient (Wildman–Crippen LogP) is 5.20. The molecule has 0 saturated heterocycles. The summed E-state index contributed by atoms with van der Waals surface area (Å²) >= 11 is 3.59. The molecule has 1 heterocycles. The van der Waals surface area contributed by atoms with Gasteiger partial charge in [0.25, 0.3) is 0 Å². The molecule has 3 rings (SSSR count). The molecular formula is C18H13BrO3. The van der Waals surface area contributed by atoms with E-state index in [1.807, 2.05) is 31.2 Å². The molecule has 0 saturated carbocycles. The number of halogens is 1. The van der Waals surface area contributed by atoms with Crippen LogP contribution in [0.25, 0.3) is 22.5 Å². The molecule has 2 aromatic carbocycles. The Balaban J connectivity index is 2.30. The summed E-state index contributed by atoms with van der Waals surface area (Å²) in [6.07, 6.45) is 0.673. The number of aryl methyl sites for hydroxylation is 1. The van der Waals surface area contributed by atoms with E-state index < -0.39 is 0 Å². The highest BCUT2D eigenvalue weighted by atomic mass is 79.9. The number of hydrogen-bond donors (Lipinski definition) is 1. The summed E-state index contributed by atoms with van der Waals surface area (Å²) in [5, 5.41) is 10.1. The molecule has 0 bridgehead atoms. The summed E-state index contributed by atoms with van der Waals surface area (Å²) in [7, 11) is 0. The number of benzene rings is 2. The molecule has 4 heteroatoms. The molecule has 22 heavy (non-hydrogen) atoms. The highest BCUT2D eigenvalue weighted by Gasteiger charge is 2.18. The molecule has 0 amide bonds. The number of phenols is 1. The lowest BCUT2D eigenvalue weighted by atomic mass is 9.95. The van der Waals surface area contributed by atoms with Gasteiger partial charge in [-0.1, -0.05) is 30.3 Å². The minimum atomic E-state index is 0.196. The minimum absolute atomic E-state index is 0.196. The minimum Gasteiger partial charge on any atom is -0.507 e. The van der Waals surface area contributed by atoms with Crippen LogP contribution >= 0.6 is 15.9 Å². The van der Waals surface area contributed by atoms with Crippen LogP contribution in [0.4, 0.5) is 0 Å². The summed E-state index contributed by atoms with van der Waals surface area (Å²) < 4.78 is 6.45. The molecule has 0 spiro atoms. The molecular weight excluding hydrogens is 344 g/mol.